The second-order valence-corrected chi connectivity index (χ2v) is 13.0. The number of hydrogen-bond donors (Lipinski definition) is 1. The summed E-state index contributed by atoms with van der Waals surface area (Å²) in [7, 11) is 6.27. The van der Waals surface area contributed by atoms with E-state index in [1.807, 2.05) is 17.0 Å². The Hall–Kier alpha value is -4.98. The zero-order valence-electron chi connectivity index (χ0n) is 29.8. The van der Waals surface area contributed by atoms with Gasteiger partial charge in [-0.2, -0.15) is 0 Å². The van der Waals surface area contributed by atoms with Gasteiger partial charge < -0.3 is 48.4 Å². The fourth-order valence-corrected chi connectivity index (χ4v) is 7.04. The molecule has 3 amide bonds. The maximum absolute atomic E-state index is 14.4. The molecular weight excluding hydrogens is 658 g/mol. The van der Waals surface area contributed by atoms with Crippen LogP contribution in [-0.4, -0.2) is 114 Å². The minimum absolute atomic E-state index is 0.0255. The van der Waals surface area contributed by atoms with E-state index < -0.39 is 0 Å². The van der Waals surface area contributed by atoms with Gasteiger partial charge in [0.05, 0.1) is 46.4 Å². The Morgan fingerprint density at radius 3 is 2.45 bits per heavy atom. The molecule has 3 aromatic rings. The van der Waals surface area contributed by atoms with E-state index >= 15 is 0 Å². The van der Waals surface area contributed by atoms with Crippen LogP contribution in [0.5, 0.6) is 28.7 Å². The van der Waals surface area contributed by atoms with Crippen LogP contribution in [0, 0.1) is 5.92 Å². The van der Waals surface area contributed by atoms with Crippen molar-refractivity contribution in [2.45, 2.75) is 38.6 Å². The first kappa shape index (κ1) is 35.8. The molecule has 6 rings (SSSR count). The van der Waals surface area contributed by atoms with Gasteiger partial charge in [0, 0.05) is 69.0 Å². The van der Waals surface area contributed by atoms with Gasteiger partial charge in [0.15, 0.2) is 23.0 Å². The highest BCUT2D eigenvalue weighted by Crippen LogP contribution is 2.44. The van der Waals surface area contributed by atoms with Crippen molar-refractivity contribution < 1.29 is 42.8 Å². The number of carbonyl (C=O) groups excluding carboxylic acids is 3. The number of nitrogens with one attached hydrogen (secondary N) is 1. The third kappa shape index (κ3) is 8.01. The van der Waals surface area contributed by atoms with Crippen LogP contribution in [-0.2, 0) is 20.9 Å². The molecule has 0 spiro atoms. The summed E-state index contributed by atoms with van der Waals surface area (Å²) in [6.45, 7) is 3.28. The first-order chi connectivity index (χ1) is 24.8. The van der Waals surface area contributed by atoms with Crippen molar-refractivity contribution in [2.24, 2.45) is 5.92 Å². The number of aromatic nitrogens is 1. The van der Waals surface area contributed by atoms with Crippen LogP contribution in [0.1, 0.15) is 48.0 Å². The molecular formula is C37H47N5O9. The number of amides is 3. The van der Waals surface area contributed by atoms with Crippen molar-refractivity contribution in [3.8, 4) is 28.7 Å². The van der Waals surface area contributed by atoms with Crippen molar-refractivity contribution in [2.75, 3.05) is 86.0 Å². The summed E-state index contributed by atoms with van der Waals surface area (Å²) < 4.78 is 33.4. The summed E-state index contributed by atoms with van der Waals surface area (Å²) in [4.78, 5) is 51.5. The maximum Gasteiger partial charge on any atom is 0.254 e. The summed E-state index contributed by atoms with van der Waals surface area (Å²) in [6, 6.07) is 9.09. The molecule has 2 aromatic carbocycles. The predicted octanol–water partition coefficient (Wildman–Crippen LogP) is 3.62. The SMILES string of the molecule is COCCC(=O)N1CCCCN(C(=O)c2ccc3c(c2)OCO3)Cc2cc3c(OC)c(OC)c(OC)cc3nc2N2CCCC(CNC(=O)C1)C2. The van der Waals surface area contributed by atoms with Crippen LogP contribution in [0.3, 0.4) is 0 Å². The Morgan fingerprint density at radius 2 is 1.69 bits per heavy atom. The van der Waals surface area contributed by atoms with E-state index in [1.165, 1.54) is 0 Å². The molecule has 1 atom stereocenters. The molecule has 1 aromatic heterocycles. The molecule has 1 N–H and O–H groups in total. The second-order valence-electron chi connectivity index (χ2n) is 13.0. The number of pyridine rings is 1. The number of anilines is 1. The molecule has 14 heteroatoms. The molecule has 1 unspecified atom stereocenters. The van der Waals surface area contributed by atoms with Crippen molar-refractivity contribution in [3.05, 3.63) is 41.5 Å². The van der Waals surface area contributed by atoms with Crippen LogP contribution < -0.4 is 33.9 Å². The number of hydrogen-bond acceptors (Lipinski definition) is 11. The number of methoxy groups -OCH3 is 4. The summed E-state index contributed by atoms with van der Waals surface area (Å²) in [5.41, 5.74) is 1.98. The normalized spacial score (nSPS) is 18.2. The molecule has 51 heavy (non-hydrogen) atoms. The molecule has 3 aliphatic rings. The van der Waals surface area contributed by atoms with Gasteiger partial charge in [0.1, 0.15) is 5.82 Å². The lowest BCUT2D eigenvalue weighted by atomic mass is 9.97. The molecule has 1 fully saturated rings. The zero-order valence-corrected chi connectivity index (χ0v) is 29.8. The number of carbonyl (C=O) groups is 3. The minimum Gasteiger partial charge on any atom is -0.493 e. The van der Waals surface area contributed by atoms with Gasteiger partial charge in [-0.3, -0.25) is 14.4 Å². The fraction of sp³-hybridized carbons (Fsp3) is 0.514. The monoisotopic (exact) mass is 705 g/mol. The highest BCUT2D eigenvalue weighted by molar-refractivity contribution is 5.96. The first-order valence-electron chi connectivity index (χ1n) is 17.4. The van der Waals surface area contributed by atoms with Gasteiger partial charge in [0.2, 0.25) is 24.4 Å². The number of nitrogens with zero attached hydrogens (tertiary/aromatic N) is 4. The van der Waals surface area contributed by atoms with Crippen LogP contribution in [0.15, 0.2) is 30.3 Å². The number of rotatable bonds is 7. The van der Waals surface area contributed by atoms with E-state index in [0.717, 1.165) is 36.2 Å². The van der Waals surface area contributed by atoms with Gasteiger partial charge in [-0.05, 0) is 55.9 Å². The Kier molecular flexibility index (Phi) is 11.5. The third-order valence-corrected chi connectivity index (χ3v) is 9.67. The molecule has 1 saturated heterocycles. The summed E-state index contributed by atoms with van der Waals surface area (Å²) in [5, 5.41) is 3.81. The van der Waals surface area contributed by atoms with Gasteiger partial charge in [0.25, 0.3) is 5.91 Å². The first-order valence-corrected chi connectivity index (χ1v) is 17.4. The molecule has 3 aliphatic heterocycles. The van der Waals surface area contributed by atoms with Gasteiger partial charge in [-0.15, -0.1) is 0 Å². The second kappa shape index (κ2) is 16.4. The van der Waals surface area contributed by atoms with Crippen molar-refractivity contribution >= 4 is 34.4 Å². The van der Waals surface area contributed by atoms with Gasteiger partial charge in [-0.1, -0.05) is 0 Å². The lowest BCUT2D eigenvalue weighted by Crippen LogP contribution is -2.46. The Labute approximate surface area is 297 Å². The zero-order chi connectivity index (χ0) is 35.9. The van der Waals surface area contributed by atoms with Crippen molar-refractivity contribution in [1.29, 1.82) is 0 Å². The molecule has 0 radical (unpaired) electrons. The standard InChI is InChI=1S/C37H47N5O9/c1-46-15-11-33(44)40-12-5-6-13-42(37(45)25-9-10-29-30(17-25)51-23-50-29)21-26-16-27-28(18-31(47-2)35(49-4)34(27)48-3)39-36(26)41-14-7-8-24(20-41)19-38-32(43)22-40/h9-10,16-18,24H,5-8,11-15,19-23H2,1-4H3,(H,38,43). The number of ether oxygens (including phenoxy) is 6. The van der Waals surface area contributed by atoms with E-state index in [4.69, 9.17) is 33.4 Å². The van der Waals surface area contributed by atoms with Crippen LogP contribution in [0.25, 0.3) is 10.9 Å². The smallest absolute Gasteiger partial charge is 0.254 e. The molecule has 14 nitrogen and oxygen atoms in total. The Bertz CT molecular complexity index is 1750. The number of fused-ring (bicyclic) bond motifs is 6. The van der Waals surface area contributed by atoms with Crippen LogP contribution >= 0.6 is 0 Å². The lowest BCUT2D eigenvalue weighted by Gasteiger charge is -2.36. The van der Waals surface area contributed by atoms with E-state index in [1.54, 1.807) is 51.5 Å². The Morgan fingerprint density at radius 1 is 0.902 bits per heavy atom. The molecule has 0 saturated carbocycles. The van der Waals surface area contributed by atoms with E-state index in [0.29, 0.717) is 78.8 Å². The van der Waals surface area contributed by atoms with Crippen LogP contribution in [0.2, 0.25) is 0 Å². The van der Waals surface area contributed by atoms with Gasteiger partial charge in [-0.25, -0.2) is 4.98 Å². The van der Waals surface area contributed by atoms with E-state index in [2.05, 4.69) is 10.2 Å². The summed E-state index contributed by atoms with van der Waals surface area (Å²) in [5.74, 6) is 2.97. The third-order valence-electron chi connectivity index (χ3n) is 9.67. The predicted molar refractivity (Wildman–Crippen MR) is 189 cm³/mol. The van der Waals surface area contributed by atoms with E-state index in [-0.39, 0.29) is 56.5 Å². The maximum atomic E-state index is 14.4. The van der Waals surface area contributed by atoms with Crippen molar-refractivity contribution in [1.82, 2.24) is 20.1 Å². The number of piperidine rings is 1. The highest BCUT2D eigenvalue weighted by Gasteiger charge is 2.29. The molecule has 2 bridgehead atoms. The number of benzene rings is 2. The Balaban J connectivity index is 1.42. The van der Waals surface area contributed by atoms with Crippen LogP contribution in [0.4, 0.5) is 5.82 Å². The summed E-state index contributed by atoms with van der Waals surface area (Å²) >= 11 is 0. The lowest BCUT2D eigenvalue weighted by molar-refractivity contribution is -0.136. The molecule has 274 valence electrons. The average molecular weight is 706 g/mol. The minimum atomic E-state index is -0.192. The topological polar surface area (TPSA) is 141 Å². The molecule has 4 heterocycles. The average Bonchev–Trinajstić information content (AvgIpc) is 3.63. The summed E-state index contributed by atoms with van der Waals surface area (Å²) in [6.07, 6.45) is 3.19. The quantitative estimate of drug-likeness (QED) is 0.386. The largest absolute Gasteiger partial charge is 0.493 e. The fourth-order valence-electron chi connectivity index (χ4n) is 7.04. The molecule has 0 aliphatic carbocycles. The van der Waals surface area contributed by atoms with E-state index in [9.17, 15) is 14.4 Å². The van der Waals surface area contributed by atoms with Gasteiger partial charge >= 0.3 is 0 Å². The van der Waals surface area contributed by atoms with Crippen molar-refractivity contribution in [3.63, 3.8) is 0 Å². The highest BCUT2D eigenvalue weighted by atomic mass is 16.7.